The lowest BCUT2D eigenvalue weighted by molar-refractivity contribution is 1.22. The second-order valence-corrected chi connectivity index (χ2v) is 3.10. The fourth-order valence-corrected chi connectivity index (χ4v) is 1.60. The third-order valence-corrected chi connectivity index (χ3v) is 2.26. The van der Waals surface area contributed by atoms with E-state index in [-0.39, 0.29) is 0 Å². The number of hydrogen-bond acceptors (Lipinski definition) is 3. The quantitative estimate of drug-likeness (QED) is 0.499. The second kappa shape index (κ2) is 2.73. The first-order valence-electron chi connectivity index (χ1n) is 4.38. The number of aromatic nitrogens is 3. The highest BCUT2D eigenvalue weighted by molar-refractivity contribution is 6.02. The normalized spacial score (nSPS) is 10.9. The van der Waals surface area contributed by atoms with Gasteiger partial charge in [-0.2, -0.15) is 0 Å². The highest BCUT2D eigenvalue weighted by atomic mass is 14.8. The van der Waals surface area contributed by atoms with Gasteiger partial charge >= 0.3 is 0 Å². The molecule has 3 heteroatoms. The first-order valence-corrected chi connectivity index (χ1v) is 4.38. The zero-order valence-corrected chi connectivity index (χ0v) is 7.38. The molecule has 2 aromatic heterocycles. The first-order chi connectivity index (χ1) is 6.95. The predicted molar refractivity (Wildman–Crippen MR) is 54.8 cm³/mol. The molecule has 2 heterocycles. The van der Waals surface area contributed by atoms with Gasteiger partial charge in [0.15, 0.2) is 0 Å². The molecular weight excluding hydrogens is 174 g/mol. The molecule has 0 aliphatic carbocycles. The zero-order chi connectivity index (χ0) is 9.38. The Labute approximate surface area is 80.5 Å². The van der Waals surface area contributed by atoms with Crippen LogP contribution in [-0.2, 0) is 0 Å². The summed E-state index contributed by atoms with van der Waals surface area (Å²) in [5, 5.41) is 2.13. The molecule has 3 aromatic rings. The molecule has 0 amide bonds. The van der Waals surface area contributed by atoms with Gasteiger partial charge in [0.2, 0.25) is 0 Å². The summed E-state index contributed by atoms with van der Waals surface area (Å²) in [5.41, 5.74) is 1.90. The van der Waals surface area contributed by atoms with Gasteiger partial charge in [-0.25, -0.2) is 9.97 Å². The van der Waals surface area contributed by atoms with Gasteiger partial charge in [-0.3, -0.25) is 4.98 Å². The van der Waals surface area contributed by atoms with Crippen LogP contribution in [0.1, 0.15) is 0 Å². The predicted octanol–water partition coefficient (Wildman–Crippen LogP) is 2.18. The van der Waals surface area contributed by atoms with E-state index < -0.39 is 0 Å². The van der Waals surface area contributed by atoms with Gasteiger partial charge in [-0.05, 0) is 12.1 Å². The minimum atomic E-state index is 0.936. The van der Waals surface area contributed by atoms with E-state index in [1.54, 1.807) is 18.7 Å². The summed E-state index contributed by atoms with van der Waals surface area (Å²) in [7, 11) is 0. The molecule has 0 bridgehead atoms. The summed E-state index contributed by atoms with van der Waals surface area (Å²) in [6.45, 7) is 0. The van der Waals surface area contributed by atoms with Crippen molar-refractivity contribution < 1.29 is 0 Å². The smallest absolute Gasteiger partial charge is 0.116 e. The number of nitrogens with zero attached hydrogens (tertiary/aromatic N) is 3. The lowest BCUT2D eigenvalue weighted by Gasteiger charge is -1.99. The maximum Gasteiger partial charge on any atom is 0.116 e. The van der Waals surface area contributed by atoms with Crippen molar-refractivity contribution in [2.75, 3.05) is 0 Å². The Kier molecular flexibility index (Phi) is 1.44. The molecule has 1 aromatic carbocycles. The lowest BCUT2D eigenvalue weighted by Crippen LogP contribution is -1.84. The average molecular weight is 181 g/mol. The summed E-state index contributed by atoms with van der Waals surface area (Å²) in [6.07, 6.45) is 5.14. The van der Waals surface area contributed by atoms with Crippen molar-refractivity contribution in [3.63, 3.8) is 0 Å². The number of rotatable bonds is 0. The van der Waals surface area contributed by atoms with Crippen LogP contribution in [0.3, 0.4) is 0 Å². The lowest BCUT2D eigenvalue weighted by atomic mass is 10.1. The van der Waals surface area contributed by atoms with E-state index >= 15 is 0 Å². The van der Waals surface area contributed by atoms with Crippen molar-refractivity contribution >= 4 is 21.8 Å². The SMILES string of the molecule is c1cnc2c(c1)ccc1ncncc12. The van der Waals surface area contributed by atoms with E-state index in [4.69, 9.17) is 0 Å². The second-order valence-electron chi connectivity index (χ2n) is 3.10. The summed E-state index contributed by atoms with van der Waals surface area (Å²) in [6, 6.07) is 7.98. The highest BCUT2D eigenvalue weighted by Gasteiger charge is 2.00. The topological polar surface area (TPSA) is 38.7 Å². The molecule has 0 aliphatic rings. The van der Waals surface area contributed by atoms with E-state index in [1.807, 2.05) is 24.3 Å². The van der Waals surface area contributed by atoms with E-state index in [2.05, 4.69) is 15.0 Å². The summed E-state index contributed by atoms with van der Waals surface area (Å²) >= 11 is 0. The summed E-state index contributed by atoms with van der Waals surface area (Å²) < 4.78 is 0. The zero-order valence-electron chi connectivity index (χ0n) is 7.38. The maximum atomic E-state index is 4.33. The van der Waals surface area contributed by atoms with Crippen LogP contribution in [0.5, 0.6) is 0 Å². The Hall–Kier alpha value is -2.03. The minimum absolute atomic E-state index is 0.936. The van der Waals surface area contributed by atoms with Crippen LogP contribution in [-0.4, -0.2) is 15.0 Å². The van der Waals surface area contributed by atoms with Crippen LogP contribution < -0.4 is 0 Å². The molecule has 3 rings (SSSR count). The summed E-state index contributed by atoms with van der Waals surface area (Å²) in [4.78, 5) is 12.5. The third kappa shape index (κ3) is 0.956. The molecule has 0 aliphatic heterocycles. The van der Waals surface area contributed by atoms with Crippen LogP contribution in [0.15, 0.2) is 43.0 Å². The minimum Gasteiger partial charge on any atom is -0.255 e. The third-order valence-electron chi connectivity index (χ3n) is 2.26. The number of hydrogen-bond donors (Lipinski definition) is 0. The molecule has 0 N–H and O–H groups in total. The Balaban J connectivity index is 2.61. The van der Waals surface area contributed by atoms with Crippen molar-refractivity contribution in [1.82, 2.24) is 15.0 Å². The van der Waals surface area contributed by atoms with Crippen molar-refractivity contribution in [2.24, 2.45) is 0 Å². The van der Waals surface area contributed by atoms with Crippen molar-refractivity contribution in [3.05, 3.63) is 43.0 Å². The van der Waals surface area contributed by atoms with Crippen LogP contribution in [0.4, 0.5) is 0 Å². The van der Waals surface area contributed by atoms with Gasteiger partial charge in [-0.1, -0.05) is 12.1 Å². The molecule has 14 heavy (non-hydrogen) atoms. The maximum absolute atomic E-state index is 4.33. The summed E-state index contributed by atoms with van der Waals surface area (Å²) in [5.74, 6) is 0. The van der Waals surface area contributed by atoms with Crippen LogP contribution in [0.2, 0.25) is 0 Å². The van der Waals surface area contributed by atoms with E-state index in [1.165, 1.54) is 0 Å². The monoisotopic (exact) mass is 181 g/mol. The molecule has 0 radical (unpaired) electrons. The largest absolute Gasteiger partial charge is 0.255 e. The van der Waals surface area contributed by atoms with Crippen LogP contribution >= 0.6 is 0 Å². The highest BCUT2D eigenvalue weighted by Crippen LogP contribution is 2.20. The van der Waals surface area contributed by atoms with Gasteiger partial charge in [0.1, 0.15) is 6.33 Å². The van der Waals surface area contributed by atoms with Crippen LogP contribution in [0, 0.1) is 0 Å². The number of pyridine rings is 1. The van der Waals surface area contributed by atoms with Gasteiger partial charge in [0.05, 0.1) is 11.0 Å². The average Bonchev–Trinajstić information content (AvgIpc) is 2.29. The fourth-order valence-electron chi connectivity index (χ4n) is 1.60. The molecule has 0 atom stereocenters. The standard InChI is InChI=1S/C11H7N3/c1-2-8-3-4-10-9(6-12-7-14-10)11(8)13-5-1/h1-7H. The molecule has 0 saturated carbocycles. The van der Waals surface area contributed by atoms with Crippen LogP contribution in [0.25, 0.3) is 21.8 Å². The van der Waals surface area contributed by atoms with Crippen molar-refractivity contribution in [2.45, 2.75) is 0 Å². The van der Waals surface area contributed by atoms with E-state index in [0.29, 0.717) is 0 Å². The Morgan fingerprint density at radius 3 is 3.00 bits per heavy atom. The van der Waals surface area contributed by atoms with Crippen molar-refractivity contribution in [3.8, 4) is 0 Å². The van der Waals surface area contributed by atoms with E-state index in [0.717, 1.165) is 21.8 Å². The van der Waals surface area contributed by atoms with Gasteiger partial charge in [-0.15, -0.1) is 0 Å². The molecule has 0 fully saturated rings. The molecule has 66 valence electrons. The Morgan fingerprint density at radius 1 is 1.00 bits per heavy atom. The van der Waals surface area contributed by atoms with Crippen molar-refractivity contribution in [1.29, 1.82) is 0 Å². The van der Waals surface area contributed by atoms with Gasteiger partial charge < -0.3 is 0 Å². The van der Waals surface area contributed by atoms with Gasteiger partial charge in [0, 0.05) is 23.2 Å². The number of benzene rings is 1. The Morgan fingerprint density at radius 2 is 2.00 bits per heavy atom. The molecule has 0 unspecified atom stereocenters. The molecule has 0 saturated heterocycles. The first kappa shape index (κ1) is 7.38. The molecule has 3 nitrogen and oxygen atoms in total. The fraction of sp³-hybridized carbons (Fsp3) is 0. The molecular formula is C11H7N3. The molecule has 0 spiro atoms. The van der Waals surface area contributed by atoms with E-state index in [9.17, 15) is 0 Å². The Bertz CT molecular complexity index is 550. The number of fused-ring (bicyclic) bond motifs is 3. The van der Waals surface area contributed by atoms with Gasteiger partial charge in [0.25, 0.3) is 0 Å².